The molecule has 108 valence electrons. The van der Waals surface area contributed by atoms with Gasteiger partial charge in [-0.25, -0.2) is 0 Å². The third kappa shape index (κ3) is 7.78. The second-order valence-electron chi connectivity index (χ2n) is 6.29. The lowest BCUT2D eigenvalue weighted by atomic mass is 10.0. The monoisotopic (exact) mass is 306 g/mol. The third-order valence-electron chi connectivity index (χ3n) is 3.98. The zero-order valence-corrected chi connectivity index (χ0v) is 15.7. The fraction of sp³-hybridized carbons (Fsp3) is 1.00. The molecule has 1 unspecified atom stereocenters. The average molecular weight is 306 g/mol. The lowest BCUT2D eigenvalue weighted by Crippen LogP contribution is -2.15. The van der Waals surface area contributed by atoms with E-state index in [-0.39, 0.29) is 0 Å². The van der Waals surface area contributed by atoms with Gasteiger partial charge in [0, 0.05) is 0 Å². The van der Waals surface area contributed by atoms with E-state index in [2.05, 4.69) is 26.7 Å². The highest BCUT2D eigenvalue weighted by Crippen LogP contribution is 2.50. The lowest BCUT2D eigenvalue weighted by Gasteiger charge is -2.31. The van der Waals surface area contributed by atoms with Gasteiger partial charge < -0.3 is 0 Å². The second kappa shape index (κ2) is 10.1. The van der Waals surface area contributed by atoms with Gasteiger partial charge in [-0.15, -0.1) is 23.8 Å². The molecule has 1 saturated carbocycles. The Morgan fingerprint density at radius 3 is 1.89 bits per heavy atom. The van der Waals surface area contributed by atoms with Gasteiger partial charge in [-0.1, -0.05) is 19.3 Å². The van der Waals surface area contributed by atoms with Crippen LogP contribution in [0.15, 0.2) is 0 Å². The van der Waals surface area contributed by atoms with Crippen molar-refractivity contribution in [3.63, 3.8) is 0 Å². The molecule has 0 aromatic rings. The Hall–Kier alpha value is 1.29. The molecule has 0 aliphatic heterocycles. The molecule has 0 bridgehead atoms. The Kier molecular flexibility index (Phi) is 9.71. The lowest BCUT2D eigenvalue weighted by molar-refractivity contribution is 0.510. The van der Waals surface area contributed by atoms with Gasteiger partial charge in [0.25, 0.3) is 0 Å². The Morgan fingerprint density at radius 2 is 1.33 bits per heavy atom. The molecule has 1 atom stereocenters. The smallest absolute Gasteiger partial charge is 0.0209 e. The largest absolute Gasteiger partial charge is 0.113 e. The van der Waals surface area contributed by atoms with Crippen molar-refractivity contribution < 1.29 is 0 Å². The normalized spacial score (nSPS) is 19.7. The molecule has 1 fully saturated rings. The molecule has 0 aromatic carbocycles. The maximum absolute atomic E-state index is 2.46. The molecule has 0 heterocycles. The highest BCUT2D eigenvalue weighted by atomic mass is 31.1. The van der Waals surface area contributed by atoms with Gasteiger partial charge in [0.2, 0.25) is 0 Å². The first-order valence-corrected chi connectivity index (χ1v) is 14.3. The van der Waals surface area contributed by atoms with Gasteiger partial charge in [0.1, 0.15) is 0 Å². The molecular weight excluding hydrogens is 273 g/mol. The van der Waals surface area contributed by atoms with Crippen LogP contribution in [0.3, 0.4) is 0 Å². The number of hydrogen-bond acceptors (Lipinski definition) is 0. The first-order valence-electron chi connectivity index (χ1n) is 7.63. The van der Waals surface area contributed by atoms with E-state index in [1.54, 1.807) is 31.3 Å². The molecule has 0 nitrogen and oxygen atoms in total. The van der Waals surface area contributed by atoms with Gasteiger partial charge in [0.05, 0.1) is 0 Å². The molecule has 0 N–H and O–H groups in total. The molecule has 0 amide bonds. The predicted octanol–water partition coefficient (Wildman–Crippen LogP) is 5.67. The number of rotatable bonds is 8. The van der Waals surface area contributed by atoms with Crippen LogP contribution in [0.4, 0.5) is 0 Å². The van der Waals surface area contributed by atoms with E-state index < -0.39 is 0 Å². The average Bonchev–Trinajstić information content (AvgIpc) is 2.34. The topological polar surface area (TPSA) is 0 Å². The predicted molar refractivity (Wildman–Crippen MR) is 95.4 cm³/mol. The molecule has 0 aromatic heterocycles. The molecular formula is C15H33P3. The fourth-order valence-corrected chi connectivity index (χ4v) is 9.12. The van der Waals surface area contributed by atoms with Crippen LogP contribution >= 0.6 is 23.8 Å². The Bertz CT molecular complexity index is 198. The molecule has 1 aliphatic rings. The minimum Gasteiger partial charge on any atom is -0.113 e. The van der Waals surface area contributed by atoms with Crippen molar-refractivity contribution in [2.24, 2.45) is 0 Å². The van der Waals surface area contributed by atoms with Crippen molar-refractivity contribution >= 4 is 23.8 Å². The van der Waals surface area contributed by atoms with Crippen molar-refractivity contribution in [1.82, 2.24) is 0 Å². The zero-order valence-electron chi connectivity index (χ0n) is 13.0. The van der Waals surface area contributed by atoms with E-state index in [0.29, 0.717) is 23.8 Å². The SMILES string of the molecule is CP(C)CCCP(CCP(C)C)C1CCCCC1. The molecule has 3 heteroatoms. The van der Waals surface area contributed by atoms with Crippen LogP contribution in [0.25, 0.3) is 0 Å². The Morgan fingerprint density at radius 1 is 0.722 bits per heavy atom. The highest BCUT2D eigenvalue weighted by Gasteiger charge is 2.22. The van der Waals surface area contributed by atoms with E-state index in [1.165, 1.54) is 31.8 Å². The van der Waals surface area contributed by atoms with Gasteiger partial charge in [-0.05, 0) is 76.2 Å². The van der Waals surface area contributed by atoms with Crippen LogP contribution in [-0.2, 0) is 0 Å². The summed E-state index contributed by atoms with van der Waals surface area (Å²) in [5.41, 5.74) is 1.16. The summed E-state index contributed by atoms with van der Waals surface area (Å²) in [6, 6.07) is 0. The summed E-state index contributed by atoms with van der Waals surface area (Å²) in [7, 11) is 1.07. The summed E-state index contributed by atoms with van der Waals surface area (Å²) in [4.78, 5) is 0. The standard InChI is InChI=1S/C15H33P3/c1-16(2)11-8-12-18(14-13-17(3)4)15-9-6-5-7-10-15/h15H,5-14H2,1-4H3. The van der Waals surface area contributed by atoms with Gasteiger partial charge in [-0.3, -0.25) is 0 Å². The van der Waals surface area contributed by atoms with E-state index >= 15 is 0 Å². The molecule has 1 aliphatic carbocycles. The molecule has 0 saturated heterocycles. The minimum atomic E-state index is 0.339. The summed E-state index contributed by atoms with van der Waals surface area (Å²) < 4.78 is 0. The second-order valence-corrected chi connectivity index (χ2v) is 14.3. The van der Waals surface area contributed by atoms with Crippen LogP contribution in [0.2, 0.25) is 0 Å². The van der Waals surface area contributed by atoms with Crippen molar-refractivity contribution in [2.75, 3.05) is 51.3 Å². The minimum absolute atomic E-state index is 0.339. The van der Waals surface area contributed by atoms with E-state index in [0.717, 1.165) is 5.66 Å². The maximum atomic E-state index is 2.46. The highest BCUT2D eigenvalue weighted by molar-refractivity contribution is 7.61. The van der Waals surface area contributed by atoms with Gasteiger partial charge in [-0.2, -0.15) is 0 Å². The van der Waals surface area contributed by atoms with E-state index in [4.69, 9.17) is 0 Å². The molecule has 0 radical (unpaired) electrons. The summed E-state index contributed by atoms with van der Waals surface area (Å²) in [6.07, 6.45) is 15.5. The summed E-state index contributed by atoms with van der Waals surface area (Å²) in [5, 5.41) is 0. The Balaban J connectivity index is 2.34. The molecule has 1 rings (SSSR count). The number of hydrogen-bond donors (Lipinski definition) is 0. The van der Waals surface area contributed by atoms with Gasteiger partial charge in [0.15, 0.2) is 0 Å². The Labute approximate surface area is 119 Å². The van der Waals surface area contributed by atoms with Crippen LogP contribution in [-0.4, -0.2) is 57.0 Å². The maximum Gasteiger partial charge on any atom is -0.0209 e. The summed E-state index contributed by atoms with van der Waals surface area (Å²) in [6.45, 7) is 9.80. The van der Waals surface area contributed by atoms with Crippen molar-refractivity contribution in [3.8, 4) is 0 Å². The van der Waals surface area contributed by atoms with Crippen LogP contribution in [0, 0.1) is 0 Å². The molecule has 18 heavy (non-hydrogen) atoms. The van der Waals surface area contributed by atoms with E-state index in [1.807, 2.05) is 0 Å². The first-order chi connectivity index (χ1) is 8.59. The van der Waals surface area contributed by atoms with Crippen LogP contribution in [0.1, 0.15) is 38.5 Å². The van der Waals surface area contributed by atoms with Gasteiger partial charge >= 0.3 is 0 Å². The van der Waals surface area contributed by atoms with Crippen molar-refractivity contribution in [3.05, 3.63) is 0 Å². The third-order valence-corrected chi connectivity index (χ3v) is 9.90. The van der Waals surface area contributed by atoms with Crippen molar-refractivity contribution in [1.29, 1.82) is 0 Å². The van der Waals surface area contributed by atoms with Crippen LogP contribution < -0.4 is 0 Å². The summed E-state index contributed by atoms with van der Waals surface area (Å²) >= 11 is 0. The molecule has 0 spiro atoms. The zero-order chi connectivity index (χ0) is 13.4. The van der Waals surface area contributed by atoms with E-state index in [9.17, 15) is 0 Å². The first kappa shape index (κ1) is 17.3. The quantitative estimate of drug-likeness (QED) is 0.506. The summed E-state index contributed by atoms with van der Waals surface area (Å²) in [5.74, 6) is 0. The fourth-order valence-electron chi connectivity index (χ4n) is 2.84. The van der Waals surface area contributed by atoms with Crippen molar-refractivity contribution in [2.45, 2.75) is 44.2 Å². The van der Waals surface area contributed by atoms with Crippen LogP contribution in [0.5, 0.6) is 0 Å².